The second kappa shape index (κ2) is 6.65. The topological polar surface area (TPSA) is 58.9 Å². The number of pyridine rings is 1. The standard InChI is InChI=1S/C20H21N5/c1-5-25(22-13-21)16(4)20-19(17-9-6-14(2)7-10-17)23-18-11-8-15(3)12-24(18)20/h5-13H,1,4H2,2-3H3,(H2,21,22). The summed E-state index contributed by atoms with van der Waals surface area (Å²) in [7, 11) is 0. The first kappa shape index (κ1) is 16.5. The predicted molar refractivity (Wildman–Crippen MR) is 104 cm³/mol. The minimum absolute atomic E-state index is 0.644. The average Bonchev–Trinajstić information content (AvgIpc) is 2.98. The number of aryl methyl sites for hydroxylation is 2. The van der Waals surface area contributed by atoms with Gasteiger partial charge in [0.15, 0.2) is 0 Å². The molecule has 0 aliphatic rings. The van der Waals surface area contributed by atoms with Gasteiger partial charge >= 0.3 is 0 Å². The van der Waals surface area contributed by atoms with Gasteiger partial charge in [0.25, 0.3) is 0 Å². The monoisotopic (exact) mass is 331 g/mol. The van der Waals surface area contributed by atoms with Gasteiger partial charge in [-0.1, -0.05) is 49.1 Å². The van der Waals surface area contributed by atoms with Crippen molar-refractivity contribution in [2.75, 3.05) is 0 Å². The lowest BCUT2D eigenvalue weighted by atomic mass is 10.1. The molecule has 1 aromatic carbocycles. The van der Waals surface area contributed by atoms with Gasteiger partial charge in [-0.2, -0.15) is 5.10 Å². The van der Waals surface area contributed by atoms with Crippen molar-refractivity contribution in [3.05, 3.63) is 78.8 Å². The van der Waals surface area contributed by atoms with Crippen LogP contribution in [0.5, 0.6) is 0 Å². The maximum Gasteiger partial charge on any atom is 0.138 e. The number of hydrogen-bond donors (Lipinski definition) is 1. The Hall–Kier alpha value is -3.34. The maximum atomic E-state index is 5.45. The molecular formula is C20H21N5. The van der Waals surface area contributed by atoms with Gasteiger partial charge in [-0.25, -0.2) is 9.99 Å². The minimum Gasteiger partial charge on any atom is -0.388 e. The van der Waals surface area contributed by atoms with Gasteiger partial charge in [0.05, 0.1) is 17.1 Å². The highest BCUT2D eigenvalue weighted by molar-refractivity contribution is 5.79. The van der Waals surface area contributed by atoms with Gasteiger partial charge in [0.2, 0.25) is 0 Å². The zero-order chi connectivity index (χ0) is 18.0. The fourth-order valence-electron chi connectivity index (χ4n) is 2.75. The zero-order valence-corrected chi connectivity index (χ0v) is 14.5. The molecule has 0 amide bonds. The zero-order valence-electron chi connectivity index (χ0n) is 14.5. The summed E-state index contributed by atoms with van der Waals surface area (Å²) in [4.78, 5) is 4.81. The van der Waals surface area contributed by atoms with Crippen molar-refractivity contribution in [3.8, 4) is 11.3 Å². The number of nitrogens with zero attached hydrogens (tertiary/aromatic N) is 4. The summed E-state index contributed by atoms with van der Waals surface area (Å²) in [6, 6.07) is 12.3. The number of nitrogens with two attached hydrogens (primary N) is 1. The summed E-state index contributed by atoms with van der Waals surface area (Å²) in [5.41, 5.74) is 12.0. The largest absolute Gasteiger partial charge is 0.388 e. The lowest BCUT2D eigenvalue weighted by Crippen LogP contribution is -2.11. The summed E-state index contributed by atoms with van der Waals surface area (Å²) in [6.45, 7) is 12.1. The van der Waals surface area contributed by atoms with Crippen LogP contribution in [0.4, 0.5) is 0 Å². The van der Waals surface area contributed by atoms with E-state index in [1.54, 1.807) is 11.2 Å². The Morgan fingerprint density at radius 2 is 1.84 bits per heavy atom. The number of hydrogen-bond acceptors (Lipinski definition) is 3. The van der Waals surface area contributed by atoms with Crippen molar-refractivity contribution in [1.82, 2.24) is 14.4 Å². The second-order valence-electron chi connectivity index (χ2n) is 5.85. The highest BCUT2D eigenvalue weighted by Gasteiger charge is 2.19. The van der Waals surface area contributed by atoms with Crippen LogP contribution in [0.25, 0.3) is 22.6 Å². The molecule has 25 heavy (non-hydrogen) atoms. The normalized spacial score (nSPS) is 11.1. The number of rotatable bonds is 5. The summed E-state index contributed by atoms with van der Waals surface area (Å²) in [5, 5.41) is 5.65. The van der Waals surface area contributed by atoms with Gasteiger partial charge in [-0.05, 0) is 25.5 Å². The first-order chi connectivity index (χ1) is 12.0. The second-order valence-corrected chi connectivity index (χ2v) is 5.85. The summed E-state index contributed by atoms with van der Waals surface area (Å²) in [5.74, 6) is 0. The van der Waals surface area contributed by atoms with Crippen LogP contribution in [0.2, 0.25) is 0 Å². The molecule has 0 radical (unpaired) electrons. The van der Waals surface area contributed by atoms with E-state index in [0.717, 1.165) is 28.2 Å². The van der Waals surface area contributed by atoms with E-state index >= 15 is 0 Å². The fourth-order valence-corrected chi connectivity index (χ4v) is 2.75. The molecule has 0 saturated heterocycles. The molecule has 3 rings (SSSR count). The molecule has 2 heterocycles. The van der Waals surface area contributed by atoms with Crippen LogP contribution in [0.1, 0.15) is 16.8 Å². The van der Waals surface area contributed by atoms with Crippen molar-refractivity contribution in [1.29, 1.82) is 0 Å². The molecule has 2 N–H and O–H groups in total. The van der Waals surface area contributed by atoms with E-state index in [9.17, 15) is 0 Å². The Labute approximate surface area is 147 Å². The van der Waals surface area contributed by atoms with Crippen molar-refractivity contribution in [2.45, 2.75) is 13.8 Å². The molecule has 0 atom stereocenters. The Balaban J connectivity index is 2.27. The molecule has 0 saturated carbocycles. The van der Waals surface area contributed by atoms with Crippen molar-refractivity contribution >= 4 is 17.7 Å². The smallest absolute Gasteiger partial charge is 0.138 e. The number of benzene rings is 1. The lowest BCUT2D eigenvalue weighted by molar-refractivity contribution is 0.575. The van der Waals surface area contributed by atoms with Gasteiger partial charge in [-0.3, -0.25) is 4.40 Å². The van der Waals surface area contributed by atoms with E-state index < -0.39 is 0 Å². The van der Waals surface area contributed by atoms with Crippen LogP contribution < -0.4 is 5.73 Å². The third kappa shape index (κ3) is 3.04. The van der Waals surface area contributed by atoms with E-state index in [1.807, 2.05) is 29.7 Å². The van der Waals surface area contributed by atoms with E-state index in [-0.39, 0.29) is 0 Å². The molecule has 3 aromatic rings. The third-order valence-corrected chi connectivity index (χ3v) is 4.01. The van der Waals surface area contributed by atoms with E-state index in [0.29, 0.717) is 5.70 Å². The summed E-state index contributed by atoms with van der Waals surface area (Å²) >= 11 is 0. The van der Waals surface area contributed by atoms with Crippen molar-refractivity contribution in [3.63, 3.8) is 0 Å². The number of imidazole rings is 1. The van der Waals surface area contributed by atoms with E-state index in [1.165, 1.54) is 11.9 Å². The summed E-state index contributed by atoms with van der Waals surface area (Å²) < 4.78 is 2.02. The molecule has 0 unspecified atom stereocenters. The lowest BCUT2D eigenvalue weighted by Gasteiger charge is -2.17. The van der Waals surface area contributed by atoms with Crippen LogP contribution in [0.15, 0.2) is 67.1 Å². The molecular weight excluding hydrogens is 310 g/mol. The van der Waals surface area contributed by atoms with Crippen LogP contribution in [0, 0.1) is 13.8 Å². The van der Waals surface area contributed by atoms with Crippen LogP contribution in [0.3, 0.4) is 0 Å². The van der Waals surface area contributed by atoms with Gasteiger partial charge in [0, 0.05) is 18.0 Å². The Morgan fingerprint density at radius 1 is 1.16 bits per heavy atom. The number of aromatic nitrogens is 2. The molecule has 5 nitrogen and oxygen atoms in total. The van der Waals surface area contributed by atoms with E-state index in [4.69, 9.17) is 10.7 Å². The Bertz CT molecular complexity index is 964. The molecule has 5 heteroatoms. The highest BCUT2D eigenvalue weighted by Crippen LogP contribution is 2.31. The molecule has 126 valence electrons. The quantitative estimate of drug-likeness (QED) is 0.438. The maximum absolute atomic E-state index is 5.45. The fraction of sp³-hybridized carbons (Fsp3) is 0.100. The van der Waals surface area contributed by atoms with Gasteiger partial charge in [0.1, 0.15) is 12.0 Å². The third-order valence-electron chi connectivity index (χ3n) is 4.01. The molecule has 0 spiro atoms. The number of fused-ring (bicyclic) bond motifs is 1. The van der Waals surface area contributed by atoms with Crippen molar-refractivity contribution in [2.24, 2.45) is 10.8 Å². The SMILES string of the molecule is C=CN(/N=C\N)C(=C)c1c(-c2ccc(C)cc2)nc2ccc(C)cn12. The molecule has 0 fully saturated rings. The van der Waals surface area contributed by atoms with Crippen LogP contribution in [-0.2, 0) is 0 Å². The van der Waals surface area contributed by atoms with Crippen molar-refractivity contribution < 1.29 is 0 Å². The van der Waals surface area contributed by atoms with Crippen LogP contribution in [-0.4, -0.2) is 20.7 Å². The molecule has 0 aliphatic heterocycles. The molecule has 0 bridgehead atoms. The summed E-state index contributed by atoms with van der Waals surface area (Å²) in [6.07, 6.45) is 4.82. The van der Waals surface area contributed by atoms with Gasteiger partial charge < -0.3 is 5.73 Å². The van der Waals surface area contributed by atoms with Crippen LogP contribution >= 0.6 is 0 Å². The first-order valence-corrected chi connectivity index (χ1v) is 7.96. The number of hydrazone groups is 1. The highest BCUT2D eigenvalue weighted by atomic mass is 15.5. The van der Waals surface area contributed by atoms with E-state index in [2.05, 4.69) is 49.4 Å². The Morgan fingerprint density at radius 3 is 2.48 bits per heavy atom. The molecule has 0 aliphatic carbocycles. The van der Waals surface area contributed by atoms with Gasteiger partial charge in [-0.15, -0.1) is 0 Å². The average molecular weight is 331 g/mol. The predicted octanol–water partition coefficient (Wildman–Crippen LogP) is 3.94. The minimum atomic E-state index is 0.644. The first-order valence-electron chi connectivity index (χ1n) is 7.96. The Kier molecular flexibility index (Phi) is 4.39. The molecule has 2 aromatic heterocycles.